The molecule has 1 unspecified atom stereocenters. The fourth-order valence-corrected chi connectivity index (χ4v) is 3.19. The molecule has 104 valence electrons. The third-order valence-corrected chi connectivity index (χ3v) is 4.27. The van der Waals surface area contributed by atoms with Crippen molar-refractivity contribution in [1.29, 1.82) is 0 Å². The Bertz CT molecular complexity index is 813. The average Bonchev–Trinajstić information content (AvgIpc) is 2.54. The number of benzene rings is 1. The van der Waals surface area contributed by atoms with Gasteiger partial charge in [-0.1, -0.05) is 12.1 Å². The fraction of sp³-hybridized carbons (Fsp3) is 0.222. The van der Waals surface area contributed by atoms with Gasteiger partial charge in [-0.2, -0.15) is 0 Å². The summed E-state index contributed by atoms with van der Waals surface area (Å²) in [4.78, 5) is 8.69. The predicted molar refractivity (Wildman–Crippen MR) is 82.9 cm³/mol. The molecule has 0 amide bonds. The Labute approximate surface area is 123 Å². The summed E-state index contributed by atoms with van der Waals surface area (Å²) in [5.74, 6) is 0. The first kappa shape index (κ1) is 12.5. The lowest BCUT2D eigenvalue weighted by Crippen LogP contribution is -2.11. The van der Waals surface area contributed by atoms with E-state index in [1.165, 1.54) is 5.56 Å². The molecule has 0 fully saturated rings. The highest BCUT2D eigenvalue weighted by Gasteiger charge is 2.21. The number of aliphatic hydroxyl groups is 1. The van der Waals surface area contributed by atoms with Crippen molar-refractivity contribution in [3.8, 4) is 11.1 Å². The largest absolute Gasteiger partial charge is 0.388 e. The van der Waals surface area contributed by atoms with Crippen molar-refractivity contribution in [1.82, 2.24) is 9.97 Å². The second-order valence-corrected chi connectivity index (χ2v) is 5.57. The van der Waals surface area contributed by atoms with Crippen LogP contribution in [0, 0.1) is 0 Å². The van der Waals surface area contributed by atoms with E-state index in [1.807, 2.05) is 30.7 Å². The summed E-state index contributed by atoms with van der Waals surface area (Å²) in [6, 6.07) is 10.3. The number of nitrogens with zero attached hydrogens (tertiary/aromatic N) is 2. The van der Waals surface area contributed by atoms with Crippen LogP contribution in [0.2, 0.25) is 0 Å². The third-order valence-electron chi connectivity index (χ3n) is 4.27. The summed E-state index contributed by atoms with van der Waals surface area (Å²) in [6.07, 6.45) is 8.03. The molecule has 0 bridgehead atoms. The molecule has 0 spiro atoms. The molecule has 2 heterocycles. The molecule has 3 aromatic rings. The quantitative estimate of drug-likeness (QED) is 0.737. The molecule has 21 heavy (non-hydrogen) atoms. The molecule has 1 aliphatic rings. The number of hydrogen-bond donors (Lipinski definition) is 1. The highest BCUT2D eigenvalue weighted by molar-refractivity contribution is 5.85. The molecule has 0 aliphatic heterocycles. The van der Waals surface area contributed by atoms with Crippen molar-refractivity contribution in [3.63, 3.8) is 0 Å². The van der Waals surface area contributed by atoms with Crippen LogP contribution in [-0.2, 0) is 6.42 Å². The molecule has 1 aliphatic carbocycles. The molecule has 3 heteroatoms. The van der Waals surface area contributed by atoms with Crippen LogP contribution >= 0.6 is 0 Å². The zero-order valence-electron chi connectivity index (χ0n) is 11.7. The van der Waals surface area contributed by atoms with Gasteiger partial charge in [0.1, 0.15) is 0 Å². The van der Waals surface area contributed by atoms with E-state index in [2.05, 4.69) is 28.2 Å². The summed E-state index contributed by atoms with van der Waals surface area (Å²) >= 11 is 0. The zero-order chi connectivity index (χ0) is 14.2. The summed E-state index contributed by atoms with van der Waals surface area (Å²) in [6.45, 7) is 0. The molecule has 1 aromatic carbocycles. The lowest BCUT2D eigenvalue weighted by Gasteiger charge is -2.23. The molecule has 0 saturated heterocycles. The van der Waals surface area contributed by atoms with Crippen LogP contribution in [0.25, 0.3) is 22.0 Å². The molecule has 4 rings (SSSR count). The van der Waals surface area contributed by atoms with Gasteiger partial charge < -0.3 is 5.11 Å². The number of aromatic nitrogens is 2. The summed E-state index contributed by atoms with van der Waals surface area (Å²) < 4.78 is 0. The normalized spacial score (nSPS) is 17.7. The number of pyridine rings is 2. The highest BCUT2D eigenvalue weighted by atomic mass is 16.3. The van der Waals surface area contributed by atoms with Gasteiger partial charge in [0.05, 0.1) is 11.6 Å². The van der Waals surface area contributed by atoms with Gasteiger partial charge in [-0.3, -0.25) is 9.97 Å². The number of rotatable bonds is 1. The van der Waals surface area contributed by atoms with Gasteiger partial charge in [-0.05, 0) is 48.6 Å². The molecule has 0 radical (unpaired) electrons. The summed E-state index contributed by atoms with van der Waals surface area (Å²) in [5.41, 5.74) is 5.52. The van der Waals surface area contributed by atoms with Crippen LogP contribution in [-0.4, -0.2) is 15.1 Å². The Morgan fingerprint density at radius 3 is 3.05 bits per heavy atom. The van der Waals surface area contributed by atoms with Crippen molar-refractivity contribution in [2.75, 3.05) is 0 Å². The van der Waals surface area contributed by atoms with E-state index in [1.54, 1.807) is 0 Å². The molecular formula is C18H16N2O. The maximum Gasteiger partial charge on any atom is 0.0807 e. The minimum Gasteiger partial charge on any atom is -0.388 e. The zero-order valence-corrected chi connectivity index (χ0v) is 11.7. The van der Waals surface area contributed by atoms with E-state index >= 15 is 0 Å². The second kappa shape index (κ2) is 4.93. The molecule has 1 N–H and O–H groups in total. The molecule has 0 saturated carbocycles. The molecule has 3 nitrogen and oxygen atoms in total. The number of fused-ring (bicyclic) bond motifs is 2. The highest BCUT2D eigenvalue weighted by Crippen LogP contribution is 2.36. The number of aliphatic hydroxyl groups excluding tert-OH is 1. The standard InChI is InChI=1S/C18H16N2O/c21-18-5-1-4-14-15(10-19-11-16(14)18)12-6-7-17-13(9-12)3-2-8-20-17/h2-3,6-11,18,21H,1,4-5H2. The van der Waals surface area contributed by atoms with Crippen LogP contribution in [0.15, 0.2) is 48.9 Å². The average molecular weight is 276 g/mol. The van der Waals surface area contributed by atoms with E-state index in [0.717, 1.165) is 46.9 Å². The molecule has 1 atom stereocenters. The third kappa shape index (κ3) is 2.10. The van der Waals surface area contributed by atoms with Crippen molar-refractivity contribution in [3.05, 3.63) is 60.0 Å². The smallest absolute Gasteiger partial charge is 0.0807 e. The first-order valence-electron chi connectivity index (χ1n) is 7.33. The Morgan fingerprint density at radius 2 is 2.10 bits per heavy atom. The van der Waals surface area contributed by atoms with Crippen molar-refractivity contribution >= 4 is 10.9 Å². The van der Waals surface area contributed by atoms with Gasteiger partial charge in [0, 0.05) is 35.1 Å². The van der Waals surface area contributed by atoms with E-state index in [4.69, 9.17) is 0 Å². The molecular weight excluding hydrogens is 260 g/mol. The van der Waals surface area contributed by atoms with Crippen molar-refractivity contribution in [2.45, 2.75) is 25.4 Å². The fourth-order valence-electron chi connectivity index (χ4n) is 3.19. The van der Waals surface area contributed by atoms with Crippen LogP contribution < -0.4 is 0 Å². The minimum atomic E-state index is -0.372. The minimum absolute atomic E-state index is 0.372. The maximum atomic E-state index is 10.2. The Kier molecular flexibility index (Phi) is 2.93. The number of hydrogen-bond acceptors (Lipinski definition) is 3. The maximum absolute atomic E-state index is 10.2. The topological polar surface area (TPSA) is 46.0 Å². The first-order chi connectivity index (χ1) is 10.3. The van der Waals surface area contributed by atoms with Gasteiger partial charge >= 0.3 is 0 Å². The van der Waals surface area contributed by atoms with Crippen molar-refractivity contribution < 1.29 is 5.11 Å². The lowest BCUT2D eigenvalue weighted by atomic mass is 9.86. The van der Waals surface area contributed by atoms with Gasteiger partial charge in [0.25, 0.3) is 0 Å². The van der Waals surface area contributed by atoms with Crippen LogP contribution in [0.1, 0.15) is 30.1 Å². The SMILES string of the molecule is OC1CCCc2c(-c3ccc4ncccc4c3)cncc21. The van der Waals surface area contributed by atoms with Gasteiger partial charge in [-0.25, -0.2) is 0 Å². The molecule has 2 aromatic heterocycles. The first-order valence-corrected chi connectivity index (χ1v) is 7.33. The van der Waals surface area contributed by atoms with Gasteiger partial charge in [0.2, 0.25) is 0 Å². The Morgan fingerprint density at radius 1 is 1.14 bits per heavy atom. The van der Waals surface area contributed by atoms with Gasteiger partial charge in [0.15, 0.2) is 0 Å². The van der Waals surface area contributed by atoms with E-state index in [9.17, 15) is 5.11 Å². The van der Waals surface area contributed by atoms with E-state index < -0.39 is 0 Å². The van der Waals surface area contributed by atoms with Crippen LogP contribution in [0.3, 0.4) is 0 Å². The van der Waals surface area contributed by atoms with Crippen LogP contribution in [0.4, 0.5) is 0 Å². The van der Waals surface area contributed by atoms with E-state index in [0.29, 0.717) is 0 Å². The van der Waals surface area contributed by atoms with E-state index in [-0.39, 0.29) is 6.10 Å². The lowest BCUT2D eigenvalue weighted by molar-refractivity contribution is 0.156. The summed E-state index contributed by atoms with van der Waals surface area (Å²) in [5, 5.41) is 11.3. The Hall–Kier alpha value is -2.26. The second-order valence-electron chi connectivity index (χ2n) is 5.57. The van der Waals surface area contributed by atoms with Crippen molar-refractivity contribution in [2.24, 2.45) is 0 Å². The monoisotopic (exact) mass is 276 g/mol. The van der Waals surface area contributed by atoms with Gasteiger partial charge in [-0.15, -0.1) is 0 Å². The predicted octanol–water partition coefficient (Wildman–Crippen LogP) is 3.67. The van der Waals surface area contributed by atoms with Crippen LogP contribution in [0.5, 0.6) is 0 Å². The summed E-state index contributed by atoms with van der Waals surface area (Å²) in [7, 11) is 0. The Balaban J connectivity index is 1.90.